The monoisotopic (exact) mass is 248 g/mol. The van der Waals surface area contributed by atoms with E-state index in [2.05, 4.69) is 38.5 Å². The lowest BCUT2D eigenvalue weighted by atomic mass is 10.2. The molecule has 0 radical (unpaired) electrons. The molecule has 17 heavy (non-hydrogen) atoms. The van der Waals surface area contributed by atoms with Gasteiger partial charge >= 0.3 is 0 Å². The minimum Gasteiger partial charge on any atom is -0.342 e. The molecule has 0 aliphatic carbocycles. The summed E-state index contributed by atoms with van der Waals surface area (Å²) in [6.07, 6.45) is 2.56. The van der Waals surface area contributed by atoms with Crippen LogP contribution in [0.5, 0.6) is 0 Å². The summed E-state index contributed by atoms with van der Waals surface area (Å²) < 4.78 is 4.05. The highest BCUT2D eigenvalue weighted by atomic mass is 32.1. The zero-order valence-electron chi connectivity index (χ0n) is 9.62. The third-order valence-electron chi connectivity index (χ3n) is 2.47. The maximum Gasteiger partial charge on any atom is 0.205 e. The van der Waals surface area contributed by atoms with Crippen LogP contribution in [0.3, 0.4) is 0 Å². The van der Waals surface area contributed by atoms with E-state index in [1.807, 2.05) is 6.07 Å². The van der Waals surface area contributed by atoms with Crippen LogP contribution in [0.25, 0.3) is 0 Å². The predicted molar refractivity (Wildman–Crippen MR) is 71.1 cm³/mol. The Hall–Kier alpha value is -1.46. The van der Waals surface area contributed by atoms with Crippen molar-refractivity contribution in [3.63, 3.8) is 0 Å². The quantitative estimate of drug-likeness (QED) is 0.848. The van der Waals surface area contributed by atoms with Crippen LogP contribution in [0.1, 0.15) is 12.0 Å². The molecule has 0 saturated heterocycles. The van der Waals surface area contributed by atoms with Crippen LogP contribution in [0.2, 0.25) is 0 Å². The van der Waals surface area contributed by atoms with Crippen molar-refractivity contribution in [2.24, 2.45) is 5.73 Å². The molecule has 2 aromatic rings. The average molecular weight is 248 g/mol. The van der Waals surface area contributed by atoms with Crippen molar-refractivity contribution in [1.82, 2.24) is 9.36 Å². The Morgan fingerprint density at radius 2 is 2.06 bits per heavy atom. The van der Waals surface area contributed by atoms with Crippen LogP contribution in [0.15, 0.2) is 36.7 Å². The predicted octanol–water partition coefficient (Wildman–Crippen LogP) is 1.89. The van der Waals surface area contributed by atoms with Crippen molar-refractivity contribution in [2.45, 2.75) is 13.0 Å². The lowest BCUT2D eigenvalue weighted by molar-refractivity contribution is 0.733. The van der Waals surface area contributed by atoms with Crippen molar-refractivity contribution < 1.29 is 0 Å². The van der Waals surface area contributed by atoms with Gasteiger partial charge in [-0.1, -0.05) is 30.3 Å². The van der Waals surface area contributed by atoms with Gasteiger partial charge in [0.15, 0.2) is 0 Å². The number of rotatable bonds is 6. The number of aromatic nitrogens is 2. The molecule has 0 fully saturated rings. The van der Waals surface area contributed by atoms with Gasteiger partial charge in [-0.05, 0) is 18.5 Å². The highest BCUT2D eigenvalue weighted by Gasteiger charge is 2.09. The maximum absolute atomic E-state index is 5.56. The van der Waals surface area contributed by atoms with Crippen LogP contribution >= 0.6 is 11.5 Å². The van der Waals surface area contributed by atoms with Crippen LogP contribution in [-0.2, 0) is 6.54 Å². The molecule has 0 aliphatic heterocycles. The van der Waals surface area contributed by atoms with Crippen molar-refractivity contribution in [1.29, 1.82) is 0 Å². The summed E-state index contributed by atoms with van der Waals surface area (Å²) in [5, 5.41) is 0.960. The molecule has 1 aromatic heterocycles. The van der Waals surface area contributed by atoms with Gasteiger partial charge in [0.2, 0.25) is 5.13 Å². The third kappa shape index (κ3) is 3.51. The van der Waals surface area contributed by atoms with Crippen LogP contribution in [0, 0.1) is 0 Å². The maximum atomic E-state index is 5.56. The lowest BCUT2D eigenvalue weighted by Crippen LogP contribution is -2.25. The zero-order chi connectivity index (χ0) is 11.9. The Balaban J connectivity index is 2.06. The molecule has 4 nitrogen and oxygen atoms in total. The Bertz CT molecular complexity index is 415. The second-order valence-electron chi connectivity index (χ2n) is 3.77. The molecule has 90 valence electrons. The molecule has 0 unspecified atom stereocenters. The molecule has 0 spiro atoms. The van der Waals surface area contributed by atoms with Gasteiger partial charge in [0.05, 0.1) is 0 Å². The van der Waals surface area contributed by atoms with E-state index in [-0.39, 0.29) is 0 Å². The summed E-state index contributed by atoms with van der Waals surface area (Å²) in [4.78, 5) is 6.48. The fraction of sp³-hybridized carbons (Fsp3) is 0.333. The normalized spacial score (nSPS) is 10.4. The van der Waals surface area contributed by atoms with Gasteiger partial charge in [-0.3, -0.25) is 0 Å². The van der Waals surface area contributed by atoms with Gasteiger partial charge in [0.1, 0.15) is 6.33 Å². The van der Waals surface area contributed by atoms with E-state index in [0.717, 1.165) is 24.6 Å². The number of hydrogen-bond acceptors (Lipinski definition) is 5. The molecule has 2 rings (SSSR count). The second-order valence-corrected chi connectivity index (χ2v) is 4.53. The largest absolute Gasteiger partial charge is 0.342 e. The molecular formula is C12H16N4S. The Morgan fingerprint density at radius 3 is 2.71 bits per heavy atom. The summed E-state index contributed by atoms with van der Waals surface area (Å²) in [5.74, 6) is 0. The number of nitrogens with zero attached hydrogens (tertiary/aromatic N) is 3. The summed E-state index contributed by atoms with van der Waals surface area (Å²) in [6.45, 7) is 2.47. The molecule has 5 heteroatoms. The van der Waals surface area contributed by atoms with E-state index in [0.29, 0.717) is 6.54 Å². The molecule has 0 aliphatic rings. The minimum absolute atomic E-state index is 0.699. The van der Waals surface area contributed by atoms with Gasteiger partial charge in [-0.25, -0.2) is 4.98 Å². The van der Waals surface area contributed by atoms with Crippen molar-refractivity contribution in [3.05, 3.63) is 42.2 Å². The Labute approximate surface area is 105 Å². The molecule has 0 bridgehead atoms. The van der Waals surface area contributed by atoms with Crippen molar-refractivity contribution in [3.8, 4) is 0 Å². The molecule has 1 aromatic carbocycles. The Kier molecular flexibility index (Phi) is 4.46. The molecule has 2 N–H and O–H groups in total. The van der Waals surface area contributed by atoms with Gasteiger partial charge in [0, 0.05) is 24.6 Å². The standard InChI is InChI=1S/C12H16N4S/c13-7-4-8-16(12-14-10-15-17-12)9-11-5-2-1-3-6-11/h1-3,5-6,10H,4,7-9,13H2. The average Bonchev–Trinajstić information content (AvgIpc) is 2.89. The fourth-order valence-electron chi connectivity index (χ4n) is 1.63. The third-order valence-corrected chi connectivity index (χ3v) is 3.20. The van der Waals surface area contributed by atoms with Crippen molar-refractivity contribution in [2.75, 3.05) is 18.0 Å². The van der Waals surface area contributed by atoms with Gasteiger partial charge < -0.3 is 10.6 Å². The first-order chi connectivity index (χ1) is 8.40. The van der Waals surface area contributed by atoms with E-state index in [1.54, 1.807) is 6.33 Å². The minimum atomic E-state index is 0.699. The van der Waals surface area contributed by atoms with Crippen LogP contribution in [0.4, 0.5) is 5.13 Å². The SMILES string of the molecule is NCCCN(Cc1ccccc1)c1ncns1. The molecule has 1 heterocycles. The lowest BCUT2D eigenvalue weighted by Gasteiger charge is -2.21. The number of hydrogen-bond donors (Lipinski definition) is 1. The molecule has 0 saturated carbocycles. The summed E-state index contributed by atoms with van der Waals surface area (Å²) in [5.41, 5.74) is 6.84. The van der Waals surface area contributed by atoms with Gasteiger partial charge in [-0.2, -0.15) is 4.37 Å². The van der Waals surface area contributed by atoms with Gasteiger partial charge in [-0.15, -0.1) is 0 Å². The van der Waals surface area contributed by atoms with Crippen molar-refractivity contribution >= 4 is 16.7 Å². The first-order valence-electron chi connectivity index (χ1n) is 5.66. The molecule has 0 atom stereocenters. The highest BCUT2D eigenvalue weighted by molar-refractivity contribution is 7.09. The summed E-state index contributed by atoms with van der Waals surface area (Å²) in [7, 11) is 0. The molecule has 0 amide bonds. The highest BCUT2D eigenvalue weighted by Crippen LogP contribution is 2.17. The Morgan fingerprint density at radius 1 is 1.24 bits per heavy atom. The van der Waals surface area contributed by atoms with E-state index in [4.69, 9.17) is 5.73 Å². The van der Waals surface area contributed by atoms with E-state index < -0.39 is 0 Å². The second kappa shape index (κ2) is 6.32. The summed E-state index contributed by atoms with van der Waals surface area (Å²) in [6, 6.07) is 10.4. The first-order valence-corrected chi connectivity index (χ1v) is 6.43. The van der Waals surface area contributed by atoms with Crippen LogP contribution in [-0.4, -0.2) is 22.4 Å². The molecular weight excluding hydrogens is 232 g/mol. The zero-order valence-corrected chi connectivity index (χ0v) is 10.4. The smallest absolute Gasteiger partial charge is 0.205 e. The number of nitrogens with two attached hydrogens (primary N) is 1. The van der Waals surface area contributed by atoms with E-state index in [9.17, 15) is 0 Å². The van der Waals surface area contributed by atoms with E-state index in [1.165, 1.54) is 17.1 Å². The van der Waals surface area contributed by atoms with E-state index >= 15 is 0 Å². The number of benzene rings is 1. The van der Waals surface area contributed by atoms with Gasteiger partial charge in [0.25, 0.3) is 0 Å². The summed E-state index contributed by atoms with van der Waals surface area (Å²) >= 11 is 1.42. The van der Waals surface area contributed by atoms with Crippen LogP contribution < -0.4 is 10.6 Å². The first kappa shape index (κ1) is 12.0. The topological polar surface area (TPSA) is 55.0 Å². The fourth-order valence-corrected chi connectivity index (χ4v) is 2.19. The number of anilines is 1.